The Labute approximate surface area is 71.1 Å². The van der Waals surface area contributed by atoms with E-state index in [1.807, 2.05) is 7.05 Å². The summed E-state index contributed by atoms with van der Waals surface area (Å²) in [5.41, 5.74) is 0. The van der Waals surface area contributed by atoms with Crippen molar-refractivity contribution in [2.75, 3.05) is 13.1 Å². The van der Waals surface area contributed by atoms with E-state index in [2.05, 4.69) is 20.8 Å². The minimum atomic E-state index is 0.717. The lowest BCUT2D eigenvalue weighted by Gasteiger charge is -2.04. The van der Waals surface area contributed by atoms with Gasteiger partial charge in [0.1, 0.15) is 0 Å². The molecule has 0 saturated carbocycles. The number of hydrogen-bond acceptors (Lipinski definition) is 4. The average molecular weight is 167 g/mol. The van der Waals surface area contributed by atoms with E-state index >= 15 is 0 Å². The van der Waals surface area contributed by atoms with Crippen molar-refractivity contribution in [2.45, 2.75) is 12.8 Å². The maximum absolute atomic E-state index is 3.95. The Bertz CT molecular complexity index is 250. The summed E-state index contributed by atoms with van der Waals surface area (Å²) in [5, 5.41) is 14.7. The number of aromatic nitrogens is 4. The van der Waals surface area contributed by atoms with Gasteiger partial charge in [-0.25, -0.2) is 4.68 Å². The summed E-state index contributed by atoms with van der Waals surface area (Å²) >= 11 is 0. The van der Waals surface area contributed by atoms with E-state index in [0.717, 1.165) is 31.3 Å². The fraction of sp³-hybridized carbons (Fsp3) is 0.857. The molecule has 1 N–H and O–H groups in total. The van der Waals surface area contributed by atoms with Gasteiger partial charge in [-0.15, -0.1) is 5.10 Å². The van der Waals surface area contributed by atoms with Crippen molar-refractivity contribution in [1.82, 2.24) is 25.5 Å². The number of nitrogens with one attached hydrogen (secondary N) is 1. The van der Waals surface area contributed by atoms with Crippen LogP contribution in [-0.2, 0) is 13.5 Å². The third-order valence-electron chi connectivity index (χ3n) is 2.34. The van der Waals surface area contributed by atoms with Gasteiger partial charge in [0.05, 0.1) is 0 Å². The Hall–Kier alpha value is -0.970. The third-order valence-corrected chi connectivity index (χ3v) is 2.34. The highest BCUT2D eigenvalue weighted by molar-refractivity contribution is 4.86. The normalized spacial score (nSPS) is 23.2. The van der Waals surface area contributed by atoms with Crippen molar-refractivity contribution >= 4 is 0 Å². The topological polar surface area (TPSA) is 55.6 Å². The zero-order valence-electron chi connectivity index (χ0n) is 7.19. The molecule has 0 aromatic carbocycles. The van der Waals surface area contributed by atoms with E-state index in [1.54, 1.807) is 4.68 Å². The molecule has 12 heavy (non-hydrogen) atoms. The summed E-state index contributed by atoms with van der Waals surface area (Å²) in [6.07, 6.45) is 2.24. The quantitative estimate of drug-likeness (QED) is 0.636. The second kappa shape index (κ2) is 3.18. The van der Waals surface area contributed by atoms with E-state index < -0.39 is 0 Å². The van der Waals surface area contributed by atoms with E-state index in [0.29, 0.717) is 0 Å². The van der Waals surface area contributed by atoms with Crippen LogP contribution in [0.25, 0.3) is 0 Å². The van der Waals surface area contributed by atoms with Crippen molar-refractivity contribution in [3.8, 4) is 0 Å². The molecule has 1 fully saturated rings. The van der Waals surface area contributed by atoms with Crippen molar-refractivity contribution < 1.29 is 0 Å². The number of tetrazole rings is 1. The molecule has 1 aliphatic heterocycles. The van der Waals surface area contributed by atoms with Gasteiger partial charge in [0.15, 0.2) is 5.82 Å². The first-order chi connectivity index (χ1) is 5.86. The summed E-state index contributed by atoms with van der Waals surface area (Å²) in [6.45, 7) is 2.24. The summed E-state index contributed by atoms with van der Waals surface area (Å²) in [5.74, 6) is 1.71. The Morgan fingerprint density at radius 3 is 3.17 bits per heavy atom. The molecule has 5 heteroatoms. The van der Waals surface area contributed by atoms with Gasteiger partial charge in [-0.1, -0.05) is 0 Å². The highest BCUT2D eigenvalue weighted by Gasteiger charge is 2.17. The second-order valence-electron chi connectivity index (χ2n) is 3.28. The van der Waals surface area contributed by atoms with Crippen molar-refractivity contribution in [1.29, 1.82) is 0 Å². The van der Waals surface area contributed by atoms with Crippen LogP contribution in [0.3, 0.4) is 0 Å². The minimum absolute atomic E-state index is 0.717. The zero-order valence-corrected chi connectivity index (χ0v) is 7.19. The van der Waals surface area contributed by atoms with Crippen LogP contribution >= 0.6 is 0 Å². The van der Waals surface area contributed by atoms with Gasteiger partial charge in [0.2, 0.25) is 0 Å². The lowest BCUT2D eigenvalue weighted by atomic mass is 10.1. The van der Waals surface area contributed by atoms with Crippen molar-refractivity contribution in [2.24, 2.45) is 13.0 Å². The molecule has 1 aromatic heterocycles. The van der Waals surface area contributed by atoms with Crippen molar-refractivity contribution in [3.05, 3.63) is 5.82 Å². The third kappa shape index (κ3) is 1.45. The molecule has 0 bridgehead atoms. The Morgan fingerprint density at radius 1 is 1.67 bits per heavy atom. The number of hydrogen-bond donors (Lipinski definition) is 1. The maximum atomic E-state index is 3.95. The van der Waals surface area contributed by atoms with Gasteiger partial charge in [0, 0.05) is 13.5 Å². The monoisotopic (exact) mass is 167 g/mol. The SMILES string of the molecule is Cn1nnnc1CC1CCNC1. The summed E-state index contributed by atoms with van der Waals surface area (Å²) < 4.78 is 1.75. The molecular formula is C7H13N5. The summed E-state index contributed by atoms with van der Waals surface area (Å²) in [6, 6.07) is 0. The molecule has 1 saturated heterocycles. The zero-order chi connectivity index (χ0) is 8.39. The Morgan fingerprint density at radius 2 is 2.58 bits per heavy atom. The van der Waals surface area contributed by atoms with Crippen LogP contribution in [0.2, 0.25) is 0 Å². The summed E-state index contributed by atoms with van der Waals surface area (Å²) in [7, 11) is 1.89. The molecule has 1 aromatic rings. The van der Waals surface area contributed by atoms with Crippen LogP contribution < -0.4 is 5.32 Å². The lowest BCUT2D eigenvalue weighted by molar-refractivity contribution is 0.539. The predicted molar refractivity (Wildman–Crippen MR) is 43.5 cm³/mol. The number of aryl methyl sites for hydroxylation is 1. The second-order valence-corrected chi connectivity index (χ2v) is 3.28. The van der Waals surface area contributed by atoms with Gasteiger partial charge >= 0.3 is 0 Å². The Kier molecular flexibility index (Phi) is 2.03. The molecular weight excluding hydrogens is 154 g/mol. The van der Waals surface area contributed by atoms with Crippen LogP contribution in [0.15, 0.2) is 0 Å². The molecule has 66 valence electrons. The lowest BCUT2D eigenvalue weighted by Crippen LogP contribution is -2.13. The van der Waals surface area contributed by atoms with Gasteiger partial charge in [-0.3, -0.25) is 0 Å². The molecule has 0 radical (unpaired) electrons. The first-order valence-electron chi connectivity index (χ1n) is 4.28. The van der Waals surface area contributed by atoms with E-state index in [-0.39, 0.29) is 0 Å². The number of nitrogens with zero attached hydrogens (tertiary/aromatic N) is 4. The average Bonchev–Trinajstić information content (AvgIpc) is 2.65. The van der Waals surface area contributed by atoms with Crippen molar-refractivity contribution in [3.63, 3.8) is 0 Å². The molecule has 2 heterocycles. The van der Waals surface area contributed by atoms with Crippen LogP contribution in [0.1, 0.15) is 12.2 Å². The summed E-state index contributed by atoms with van der Waals surface area (Å²) in [4.78, 5) is 0. The molecule has 2 rings (SSSR count). The van der Waals surface area contributed by atoms with E-state index in [4.69, 9.17) is 0 Å². The number of rotatable bonds is 2. The maximum Gasteiger partial charge on any atom is 0.151 e. The first-order valence-corrected chi connectivity index (χ1v) is 4.28. The fourth-order valence-electron chi connectivity index (χ4n) is 1.57. The largest absolute Gasteiger partial charge is 0.316 e. The highest BCUT2D eigenvalue weighted by Crippen LogP contribution is 2.11. The molecule has 0 amide bonds. The van der Waals surface area contributed by atoms with Crippen LogP contribution in [0.4, 0.5) is 0 Å². The smallest absolute Gasteiger partial charge is 0.151 e. The molecule has 1 aliphatic rings. The van der Waals surface area contributed by atoms with E-state index in [9.17, 15) is 0 Å². The Balaban J connectivity index is 1.98. The molecule has 1 unspecified atom stereocenters. The van der Waals surface area contributed by atoms with Gasteiger partial charge in [-0.05, 0) is 35.9 Å². The van der Waals surface area contributed by atoms with Gasteiger partial charge in [0.25, 0.3) is 0 Å². The molecule has 0 spiro atoms. The molecule has 0 aliphatic carbocycles. The fourth-order valence-corrected chi connectivity index (χ4v) is 1.57. The van der Waals surface area contributed by atoms with Crippen LogP contribution in [-0.4, -0.2) is 33.3 Å². The van der Waals surface area contributed by atoms with Crippen LogP contribution in [0.5, 0.6) is 0 Å². The standard InChI is InChI=1S/C7H13N5/c1-12-7(9-10-11-12)4-6-2-3-8-5-6/h6,8H,2-5H2,1H3. The van der Waals surface area contributed by atoms with E-state index in [1.165, 1.54) is 6.42 Å². The highest BCUT2D eigenvalue weighted by atomic mass is 15.5. The van der Waals surface area contributed by atoms with Gasteiger partial charge < -0.3 is 5.32 Å². The predicted octanol–water partition coefficient (Wildman–Crippen LogP) is -0.638. The molecule has 5 nitrogen and oxygen atoms in total. The first kappa shape index (κ1) is 7.67. The minimum Gasteiger partial charge on any atom is -0.316 e. The van der Waals surface area contributed by atoms with Gasteiger partial charge in [-0.2, -0.15) is 0 Å². The van der Waals surface area contributed by atoms with Crippen LogP contribution in [0, 0.1) is 5.92 Å². The molecule has 1 atom stereocenters.